The van der Waals surface area contributed by atoms with Crippen LogP contribution < -0.4 is 5.73 Å². The average molecular weight is 270 g/mol. The molecule has 1 aromatic carbocycles. The Hall–Kier alpha value is -1.06. The molecule has 4 heteroatoms. The molecule has 0 aliphatic carbocycles. The SMILES string of the molecule is CC(C)(C)OC(=O)[C@@](C)(N)Cc1ccc(Cl)cc1. The van der Waals surface area contributed by atoms with Crippen LogP contribution in [0.4, 0.5) is 0 Å². The van der Waals surface area contributed by atoms with Crippen molar-refractivity contribution in [3.8, 4) is 0 Å². The summed E-state index contributed by atoms with van der Waals surface area (Å²) >= 11 is 5.81. The molecule has 1 rings (SSSR count). The maximum absolute atomic E-state index is 12.0. The smallest absolute Gasteiger partial charge is 0.326 e. The number of rotatable bonds is 3. The van der Waals surface area contributed by atoms with Crippen molar-refractivity contribution < 1.29 is 9.53 Å². The van der Waals surface area contributed by atoms with Crippen molar-refractivity contribution in [2.45, 2.75) is 45.3 Å². The van der Waals surface area contributed by atoms with E-state index in [-0.39, 0.29) is 0 Å². The predicted octanol–water partition coefficient (Wildman–Crippen LogP) is 2.94. The second-order valence-corrected chi connectivity index (χ2v) is 6.16. The summed E-state index contributed by atoms with van der Waals surface area (Å²) in [5, 5.41) is 0.662. The van der Waals surface area contributed by atoms with Crippen LogP contribution >= 0.6 is 11.6 Å². The second-order valence-electron chi connectivity index (χ2n) is 5.72. The van der Waals surface area contributed by atoms with Crippen molar-refractivity contribution in [1.82, 2.24) is 0 Å². The fourth-order valence-electron chi connectivity index (χ4n) is 1.49. The molecule has 0 aliphatic heterocycles. The fraction of sp³-hybridized carbons (Fsp3) is 0.500. The van der Waals surface area contributed by atoms with Crippen molar-refractivity contribution in [3.63, 3.8) is 0 Å². The highest BCUT2D eigenvalue weighted by Gasteiger charge is 2.33. The van der Waals surface area contributed by atoms with Gasteiger partial charge in [0.15, 0.2) is 0 Å². The van der Waals surface area contributed by atoms with Crippen LogP contribution in [0.15, 0.2) is 24.3 Å². The van der Waals surface area contributed by atoms with Crippen LogP contribution in [0, 0.1) is 0 Å². The molecule has 18 heavy (non-hydrogen) atoms. The number of hydrogen-bond acceptors (Lipinski definition) is 3. The van der Waals surface area contributed by atoms with Crippen molar-refractivity contribution in [2.75, 3.05) is 0 Å². The Morgan fingerprint density at radius 1 is 1.22 bits per heavy atom. The van der Waals surface area contributed by atoms with E-state index in [0.29, 0.717) is 11.4 Å². The lowest BCUT2D eigenvalue weighted by molar-refractivity contribution is -0.160. The van der Waals surface area contributed by atoms with Gasteiger partial charge in [0.25, 0.3) is 0 Å². The molecule has 0 heterocycles. The zero-order chi connectivity index (χ0) is 14.0. The molecule has 0 spiro atoms. The molecule has 0 aliphatic rings. The van der Waals surface area contributed by atoms with E-state index < -0.39 is 17.1 Å². The molecule has 0 fully saturated rings. The third-order valence-corrected chi connectivity index (χ3v) is 2.60. The lowest BCUT2D eigenvalue weighted by Crippen LogP contribution is -2.50. The Labute approximate surface area is 113 Å². The van der Waals surface area contributed by atoms with Crippen molar-refractivity contribution in [3.05, 3.63) is 34.9 Å². The molecule has 0 amide bonds. The average Bonchev–Trinajstić information content (AvgIpc) is 2.18. The van der Waals surface area contributed by atoms with Gasteiger partial charge in [0, 0.05) is 11.4 Å². The Balaban J connectivity index is 2.75. The molecule has 0 radical (unpaired) electrons. The second kappa shape index (κ2) is 5.29. The highest BCUT2D eigenvalue weighted by Crippen LogP contribution is 2.18. The molecule has 0 bridgehead atoms. The number of ether oxygens (including phenoxy) is 1. The number of carbonyl (C=O) groups is 1. The summed E-state index contributed by atoms with van der Waals surface area (Å²) in [7, 11) is 0. The zero-order valence-corrected chi connectivity index (χ0v) is 12.0. The third-order valence-electron chi connectivity index (χ3n) is 2.35. The van der Waals surface area contributed by atoms with Crippen LogP contribution in [0.2, 0.25) is 5.02 Å². The van der Waals surface area contributed by atoms with Crippen LogP contribution in [-0.4, -0.2) is 17.1 Å². The minimum Gasteiger partial charge on any atom is -0.459 e. The van der Waals surface area contributed by atoms with Gasteiger partial charge in [0.05, 0.1) is 0 Å². The van der Waals surface area contributed by atoms with Gasteiger partial charge in [-0.2, -0.15) is 0 Å². The zero-order valence-electron chi connectivity index (χ0n) is 11.3. The van der Waals surface area contributed by atoms with Crippen molar-refractivity contribution >= 4 is 17.6 Å². The Bertz CT molecular complexity index is 418. The summed E-state index contributed by atoms with van der Waals surface area (Å²) in [5.74, 6) is -0.398. The molecule has 0 saturated heterocycles. The number of halogens is 1. The molecule has 1 atom stereocenters. The van der Waals surface area contributed by atoms with Gasteiger partial charge in [-0.3, -0.25) is 4.79 Å². The van der Waals surface area contributed by atoms with Gasteiger partial charge in [0.2, 0.25) is 0 Å². The van der Waals surface area contributed by atoms with E-state index in [4.69, 9.17) is 22.1 Å². The van der Waals surface area contributed by atoms with Crippen LogP contribution in [-0.2, 0) is 16.0 Å². The number of nitrogens with two attached hydrogens (primary N) is 1. The Morgan fingerprint density at radius 2 is 1.72 bits per heavy atom. The van der Waals surface area contributed by atoms with Crippen LogP contribution in [0.1, 0.15) is 33.3 Å². The Morgan fingerprint density at radius 3 is 2.17 bits per heavy atom. The first kappa shape index (κ1) is 15.0. The lowest BCUT2D eigenvalue weighted by atomic mass is 9.94. The first-order valence-electron chi connectivity index (χ1n) is 5.87. The van der Waals surface area contributed by atoms with Crippen molar-refractivity contribution in [2.24, 2.45) is 5.73 Å². The number of hydrogen-bond donors (Lipinski definition) is 1. The molecule has 100 valence electrons. The summed E-state index contributed by atoms with van der Waals surface area (Å²) in [6, 6.07) is 7.28. The van der Waals surface area contributed by atoms with E-state index in [1.54, 1.807) is 19.1 Å². The summed E-state index contributed by atoms with van der Waals surface area (Å²) in [6.45, 7) is 7.14. The van der Waals surface area contributed by atoms with E-state index in [9.17, 15) is 4.79 Å². The summed E-state index contributed by atoms with van der Waals surface area (Å²) in [6.07, 6.45) is 0.416. The van der Waals surface area contributed by atoms with E-state index in [0.717, 1.165) is 5.56 Å². The number of benzene rings is 1. The monoisotopic (exact) mass is 269 g/mol. The summed E-state index contributed by atoms with van der Waals surface area (Å²) in [5.41, 5.74) is 5.41. The lowest BCUT2D eigenvalue weighted by Gasteiger charge is -2.28. The normalized spacial score (nSPS) is 15.0. The molecular formula is C14H20ClNO2. The van der Waals surface area contributed by atoms with Crippen LogP contribution in [0.25, 0.3) is 0 Å². The molecule has 2 N–H and O–H groups in total. The largest absolute Gasteiger partial charge is 0.459 e. The fourth-order valence-corrected chi connectivity index (χ4v) is 1.62. The van der Waals surface area contributed by atoms with E-state index >= 15 is 0 Å². The summed E-state index contributed by atoms with van der Waals surface area (Å²) < 4.78 is 5.31. The van der Waals surface area contributed by atoms with Gasteiger partial charge in [-0.1, -0.05) is 23.7 Å². The van der Waals surface area contributed by atoms with E-state index in [1.165, 1.54) is 0 Å². The molecule has 0 saturated carbocycles. The van der Waals surface area contributed by atoms with E-state index in [1.807, 2.05) is 32.9 Å². The highest BCUT2D eigenvalue weighted by atomic mass is 35.5. The first-order chi connectivity index (χ1) is 8.10. The standard InChI is InChI=1S/C14H20ClNO2/c1-13(2,3)18-12(17)14(4,16)9-10-5-7-11(15)8-6-10/h5-8H,9,16H2,1-4H3/t14-/m0/s1. The quantitative estimate of drug-likeness (QED) is 0.859. The van der Waals surface area contributed by atoms with Crippen LogP contribution in [0.3, 0.4) is 0 Å². The predicted molar refractivity (Wildman–Crippen MR) is 73.6 cm³/mol. The summed E-state index contributed by atoms with van der Waals surface area (Å²) in [4.78, 5) is 12.0. The van der Waals surface area contributed by atoms with Gasteiger partial charge < -0.3 is 10.5 Å². The Kier molecular flexibility index (Phi) is 4.41. The molecular weight excluding hydrogens is 250 g/mol. The maximum Gasteiger partial charge on any atom is 0.326 e. The van der Waals surface area contributed by atoms with E-state index in [2.05, 4.69) is 0 Å². The number of esters is 1. The maximum atomic E-state index is 12.0. The first-order valence-corrected chi connectivity index (χ1v) is 6.25. The van der Waals surface area contributed by atoms with Crippen LogP contribution in [0.5, 0.6) is 0 Å². The molecule has 1 aromatic rings. The van der Waals surface area contributed by atoms with Gasteiger partial charge in [-0.05, 0) is 45.4 Å². The number of carbonyl (C=O) groups excluding carboxylic acids is 1. The molecule has 0 unspecified atom stereocenters. The highest BCUT2D eigenvalue weighted by molar-refractivity contribution is 6.30. The van der Waals surface area contributed by atoms with Gasteiger partial charge in [-0.15, -0.1) is 0 Å². The third kappa shape index (κ3) is 4.67. The van der Waals surface area contributed by atoms with Gasteiger partial charge in [0.1, 0.15) is 11.1 Å². The minimum atomic E-state index is -1.04. The van der Waals surface area contributed by atoms with Gasteiger partial charge >= 0.3 is 5.97 Å². The molecule has 3 nitrogen and oxygen atoms in total. The topological polar surface area (TPSA) is 52.3 Å². The van der Waals surface area contributed by atoms with Crippen molar-refractivity contribution in [1.29, 1.82) is 0 Å². The van der Waals surface area contributed by atoms with Gasteiger partial charge in [-0.25, -0.2) is 0 Å². The minimum absolute atomic E-state index is 0.398. The molecule has 0 aromatic heterocycles.